The number of amides is 2. The van der Waals surface area contributed by atoms with Crippen LogP contribution in [0.1, 0.15) is 75.8 Å². The lowest BCUT2D eigenvalue weighted by Gasteiger charge is -2.25. The number of unbranched alkanes of at least 4 members (excludes halogenated alkanes) is 1. The highest BCUT2D eigenvalue weighted by Gasteiger charge is 2.34. The van der Waals surface area contributed by atoms with Gasteiger partial charge in [0.2, 0.25) is 11.8 Å². The van der Waals surface area contributed by atoms with Crippen molar-refractivity contribution < 1.29 is 9.59 Å². The van der Waals surface area contributed by atoms with Crippen LogP contribution in [0.2, 0.25) is 0 Å². The van der Waals surface area contributed by atoms with Crippen LogP contribution in [0.25, 0.3) is 0 Å². The summed E-state index contributed by atoms with van der Waals surface area (Å²) in [4.78, 5) is 27.3. The molecule has 2 aromatic rings. The molecule has 1 aliphatic rings. The van der Waals surface area contributed by atoms with Gasteiger partial charge in [-0.1, -0.05) is 64.8 Å². The maximum Gasteiger partial charge on any atom is 0.238 e. The first kappa shape index (κ1) is 23.4. The van der Waals surface area contributed by atoms with Crippen LogP contribution < -0.4 is 10.2 Å². The van der Waals surface area contributed by atoms with Gasteiger partial charge in [-0.3, -0.25) is 14.5 Å². The molecule has 2 amide bonds. The average molecular weight is 439 g/mol. The van der Waals surface area contributed by atoms with E-state index in [0.29, 0.717) is 11.7 Å². The van der Waals surface area contributed by atoms with Gasteiger partial charge in [-0.15, -0.1) is 11.8 Å². The molecule has 1 aliphatic heterocycles. The molecule has 0 aromatic heterocycles. The third-order valence-corrected chi connectivity index (χ3v) is 7.13. The first-order valence-corrected chi connectivity index (χ1v) is 12.4. The number of carbonyl (C=O) groups is 2. The van der Waals surface area contributed by atoms with E-state index in [9.17, 15) is 9.59 Å². The Morgan fingerprint density at radius 2 is 1.90 bits per heavy atom. The van der Waals surface area contributed by atoms with Gasteiger partial charge >= 0.3 is 0 Å². The second-order valence-electron chi connectivity index (χ2n) is 8.54. The van der Waals surface area contributed by atoms with E-state index in [1.807, 2.05) is 41.3 Å². The van der Waals surface area contributed by atoms with Crippen molar-refractivity contribution in [3.63, 3.8) is 0 Å². The summed E-state index contributed by atoms with van der Waals surface area (Å²) in [7, 11) is 0. The molecule has 0 spiro atoms. The summed E-state index contributed by atoms with van der Waals surface area (Å²) < 4.78 is 0. The molecular weight excluding hydrogens is 404 g/mol. The molecule has 3 rings (SSSR count). The van der Waals surface area contributed by atoms with Crippen molar-refractivity contribution in [2.24, 2.45) is 5.92 Å². The zero-order valence-corrected chi connectivity index (χ0v) is 19.9. The van der Waals surface area contributed by atoms with Gasteiger partial charge in [-0.05, 0) is 54.2 Å². The van der Waals surface area contributed by atoms with Gasteiger partial charge in [0.1, 0.15) is 5.37 Å². The van der Waals surface area contributed by atoms with Gasteiger partial charge in [0, 0.05) is 17.3 Å². The molecule has 0 unspecified atom stereocenters. The summed E-state index contributed by atoms with van der Waals surface area (Å²) >= 11 is 1.63. The van der Waals surface area contributed by atoms with Crippen LogP contribution in [0.4, 0.5) is 11.4 Å². The van der Waals surface area contributed by atoms with Crippen LogP contribution in [0.3, 0.4) is 0 Å². The number of benzene rings is 2. The number of nitrogens with one attached hydrogen (secondary N) is 1. The summed E-state index contributed by atoms with van der Waals surface area (Å²) in [5.41, 5.74) is 4.01. The zero-order valence-electron chi connectivity index (χ0n) is 19.1. The van der Waals surface area contributed by atoms with Crippen molar-refractivity contribution in [1.82, 2.24) is 0 Å². The molecule has 166 valence electrons. The summed E-state index contributed by atoms with van der Waals surface area (Å²) in [6.07, 6.45) is 3.93. The fraction of sp³-hybridized carbons (Fsp3) is 0.462. The Hall–Kier alpha value is -2.27. The van der Waals surface area contributed by atoms with Crippen molar-refractivity contribution in [2.45, 2.75) is 64.7 Å². The first-order chi connectivity index (χ1) is 14.9. The summed E-state index contributed by atoms with van der Waals surface area (Å²) in [5, 5.41) is 3.01. The van der Waals surface area contributed by atoms with E-state index in [1.165, 1.54) is 5.56 Å². The van der Waals surface area contributed by atoms with E-state index in [2.05, 4.69) is 45.1 Å². The number of rotatable bonds is 9. The first-order valence-electron chi connectivity index (χ1n) is 11.4. The maximum atomic E-state index is 12.7. The third-order valence-electron chi connectivity index (χ3n) is 5.91. The fourth-order valence-corrected chi connectivity index (χ4v) is 5.12. The summed E-state index contributed by atoms with van der Waals surface area (Å²) in [6, 6.07) is 16.2. The Morgan fingerprint density at radius 3 is 2.55 bits per heavy atom. The van der Waals surface area contributed by atoms with Crippen LogP contribution in [-0.4, -0.2) is 17.6 Å². The molecular formula is C26H34N2O2S. The lowest BCUT2D eigenvalue weighted by molar-refractivity contribution is -0.120. The standard InChI is InChI=1S/C26H34N2O2S/c1-5-7-9-19(6-2)25(30)27-22-11-8-10-21(16-22)26-28(24(29)17-31-26)23-14-12-20(13-15-23)18(3)4/h8,10-16,18-19,26H,5-7,9,17H2,1-4H3,(H,27,30)/t19-,26+/m1/s1. The molecule has 31 heavy (non-hydrogen) atoms. The average Bonchev–Trinajstić information content (AvgIpc) is 3.16. The van der Waals surface area contributed by atoms with Crippen LogP contribution in [-0.2, 0) is 9.59 Å². The molecule has 2 aromatic carbocycles. The Bertz CT molecular complexity index is 895. The molecule has 0 radical (unpaired) electrons. The second-order valence-corrected chi connectivity index (χ2v) is 9.60. The van der Waals surface area contributed by atoms with Crippen LogP contribution in [0.15, 0.2) is 48.5 Å². The number of anilines is 2. The molecule has 2 atom stereocenters. The highest BCUT2D eigenvalue weighted by molar-refractivity contribution is 8.00. The number of hydrogen-bond acceptors (Lipinski definition) is 3. The van der Waals surface area contributed by atoms with Gasteiger partial charge in [0.15, 0.2) is 0 Å². The Kier molecular flexibility index (Phi) is 8.19. The van der Waals surface area contributed by atoms with Gasteiger partial charge in [-0.2, -0.15) is 0 Å². The second kappa shape index (κ2) is 10.9. The molecule has 0 saturated carbocycles. The topological polar surface area (TPSA) is 49.4 Å². The molecule has 5 heteroatoms. The predicted octanol–water partition coefficient (Wildman–Crippen LogP) is 6.74. The lowest BCUT2D eigenvalue weighted by Crippen LogP contribution is -2.28. The fourth-order valence-electron chi connectivity index (χ4n) is 3.96. The van der Waals surface area contributed by atoms with Crippen LogP contribution in [0.5, 0.6) is 0 Å². The molecule has 1 saturated heterocycles. The van der Waals surface area contributed by atoms with Crippen LogP contribution >= 0.6 is 11.8 Å². The minimum Gasteiger partial charge on any atom is -0.326 e. The summed E-state index contributed by atoms with van der Waals surface area (Å²) in [6.45, 7) is 8.55. The Labute approximate surface area is 190 Å². The molecule has 0 aliphatic carbocycles. The minimum atomic E-state index is -0.0867. The Balaban J connectivity index is 1.78. The van der Waals surface area contributed by atoms with Crippen molar-refractivity contribution in [1.29, 1.82) is 0 Å². The monoisotopic (exact) mass is 438 g/mol. The lowest BCUT2D eigenvalue weighted by atomic mass is 9.98. The highest BCUT2D eigenvalue weighted by atomic mass is 32.2. The van der Waals surface area contributed by atoms with Crippen molar-refractivity contribution in [2.75, 3.05) is 16.0 Å². The largest absolute Gasteiger partial charge is 0.326 e. The number of hydrogen-bond donors (Lipinski definition) is 1. The smallest absolute Gasteiger partial charge is 0.238 e. The highest BCUT2D eigenvalue weighted by Crippen LogP contribution is 2.42. The van der Waals surface area contributed by atoms with E-state index in [-0.39, 0.29) is 23.1 Å². The van der Waals surface area contributed by atoms with Crippen LogP contribution in [0, 0.1) is 5.92 Å². The van der Waals surface area contributed by atoms with Gasteiger partial charge in [0.05, 0.1) is 5.75 Å². The number of nitrogens with zero attached hydrogens (tertiary/aromatic N) is 1. The minimum absolute atomic E-state index is 0.0435. The van der Waals surface area contributed by atoms with Gasteiger partial charge in [-0.25, -0.2) is 0 Å². The van der Waals surface area contributed by atoms with Crippen molar-refractivity contribution >= 4 is 35.0 Å². The van der Waals surface area contributed by atoms with E-state index in [1.54, 1.807) is 11.8 Å². The van der Waals surface area contributed by atoms with Gasteiger partial charge < -0.3 is 5.32 Å². The van der Waals surface area contributed by atoms with E-state index in [0.717, 1.165) is 42.6 Å². The third kappa shape index (κ3) is 5.70. The number of thioether (sulfide) groups is 1. The SMILES string of the molecule is CCCC[C@@H](CC)C(=O)Nc1cccc([C@@H]2SCC(=O)N2c2ccc(C(C)C)cc2)c1. The molecule has 4 nitrogen and oxygen atoms in total. The summed E-state index contributed by atoms with van der Waals surface area (Å²) in [5.74, 6) is 1.17. The van der Waals surface area contributed by atoms with E-state index >= 15 is 0 Å². The predicted molar refractivity (Wildman–Crippen MR) is 132 cm³/mol. The van der Waals surface area contributed by atoms with Crippen molar-refractivity contribution in [3.05, 3.63) is 59.7 Å². The number of carbonyl (C=O) groups excluding carboxylic acids is 2. The van der Waals surface area contributed by atoms with E-state index in [4.69, 9.17) is 0 Å². The van der Waals surface area contributed by atoms with E-state index < -0.39 is 0 Å². The zero-order chi connectivity index (χ0) is 22.4. The maximum absolute atomic E-state index is 12.7. The molecule has 1 heterocycles. The molecule has 0 bridgehead atoms. The molecule has 1 fully saturated rings. The Morgan fingerprint density at radius 1 is 1.16 bits per heavy atom. The normalized spacial score (nSPS) is 17.3. The van der Waals surface area contributed by atoms with Gasteiger partial charge in [0.25, 0.3) is 0 Å². The quantitative estimate of drug-likeness (QED) is 0.471. The van der Waals surface area contributed by atoms with Crippen molar-refractivity contribution in [3.8, 4) is 0 Å². The molecule has 1 N–H and O–H groups in total.